The van der Waals surface area contributed by atoms with Crippen LogP contribution in [0.25, 0.3) is 11.6 Å². The van der Waals surface area contributed by atoms with E-state index >= 15 is 0 Å². The number of esters is 1. The minimum absolute atomic E-state index is 0.0394. The average molecular weight is 443 g/mol. The molecule has 3 rings (SSSR count). The molecule has 1 N–H and O–H groups in total. The number of rotatable bonds is 10. The van der Waals surface area contributed by atoms with Gasteiger partial charge in [0.1, 0.15) is 0 Å². The molecule has 0 radical (unpaired) electrons. The molecule has 0 saturated heterocycles. The summed E-state index contributed by atoms with van der Waals surface area (Å²) in [5.41, 5.74) is 6.20. The molecule has 5 heteroatoms. The van der Waals surface area contributed by atoms with Gasteiger partial charge in [0.05, 0.1) is 13.5 Å². The number of carbonyl (C=O) groups is 2. The van der Waals surface area contributed by atoms with Gasteiger partial charge in [-0.2, -0.15) is 0 Å². The van der Waals surface area contributed by atoms with Crippen molar-refractivity contribution in [3.63, 3.8) is 0 Å². The third-order valence-corrected chi connectivity index (χ3v) is 5.48. The van der Waals surface area contributed by atoms with Gasteiger partial charge in [0, 0.05) is 24.9 Å². The van der Waals surface area contributed by atoms with Crippen LogP contribution in [0.4, 0.5) is 0 Å². The number of hydrogen-bond donors (Lipinski definition) is 1. The van der Waals surface area contributed by atoms with Crippen molar-refractivity contribution in [3.8, 4) is 0 Å². The number of carbonyl (C=O) groups excluding carboxylic acids is 2. The Balaban J connectivity index is 1.59. The molecule has 0 aliphatic rings. The van der Waals surface area contributed by atoms with Crippen LogP contribution in [-0.2, 0) is 27.2 Å². The topological polar surface area (TPSA) is 68.3 Å². The number of amides is 1. The third-order valence-electron chi connectivity index (χ3n) is 5.48. The molecule has 0 aliphatic carbocycles. The molecule has 170 valence electrons. The minimum atomic E-state index is -0.237. The summed E-state index contributed by atoms with van der Waals surface area (Å²) in [6.45, 7) is 2.68. The molecule has 1 amide bonds. The average Bonchev–Trinajstić information content (AvgIpc) is 2.84. The summed E-state index contributed by atoms with van der Waals surface area (Å²) in [6, 6.07) is 22.0. The lowest BCUT2D eigenvalue weighted by atomic mass is 9.99. The Kier molecular flexibility index (Phi) is 8.95. The van der Waals surface area contributed by atoms with E-state index in [1.165, 1.54) is 18.2 Å². The van der Waals surface area contributed by atoms with Gasteiger partial charge in [0.2, 0.25) is 5.91 Å². The largest absolute Gasteiger partial charge is 0.469 e. The minimum Gasteiger partial charge on any atom is -0.469 e. The van der Waals surface area contributed by atoms with Crippen LogP contribution in [0.2, 0.25) is 0 Å². The molecular formula is C28H30N2O3. The fourth-order valence-corrected chi connectivity index (χ4v) is 3.57. The van der Waals surface area contributed by atoms with Gasteiger partial charge < -0.3 is 10.1 Å². The van der Waals surface area contributed by atoms with Crippen LogP contribution in [0.5, 0.6) is 0 Å². The number of aromatic nitrogens is 1. The van der Waals surface area contributed by atoms with E-state index < -0.39 is 0 Å². The van der Waals surface area contributed by atoms with Gasteiger partial charge in [-0.1, -0.05) is 60.7 Å². The van der Waals surface area contributed by atoms with E-state index in [2.05, 4.69) is 29.4 Å². The maximum atomic E-state index is 12.3. The number of benzene rings is 2. The molecule has 33 heavy (non-hydrogen) atoms. The van der Waals surface area contributed by atoms with Gasteiger partial charge in [-0.15, -0.1) is 0 Å². The van der Waals surface area contributed by atoms with Gasteiger partial charge in [-0.05, 0) is 59.7 Å². The Morgan fingerprint density at radius 2 is 1.73 bits per heavy atom. The van der Waals surface area contributed by atoms with Crippen LogP contribution in [0.15, 0.2) is 72.9 Å². The zero-order chi connectivity index (χ0) is 23.5. The SMILES string of the molecule is COC(=O)CC/C(=C\c1ccc(CC(=O)NCCc2ccccc2C)nc1)c1ccccc1. The Morgan fingerprint density at radius 3 is 2.42 bits per heavy atom. The fourth-order valence-electron chi connectivity index (χ4n) is 3.57. The second-order valence-electron chi connectivity index (χ2n) is 7.90. The Bertz CT molecular complexity index is 1090. The molecule has 1 aromatic heterocycles. The second kappa shape index (κ2) is 12.3. The molecule has 0 aliphatic heterocycles. The first-order chi connectivity index (χ1) is 16.0. The van der Waals surface area contributed by atoms with Crippen molar-refractivity contribution in [3.05, 3.63) is 101 Å². The highest BCUT2D eigenvalue weighted by atomic mass is 16.5. The first-order valence-corrected chi connectivity index (χ1v) is 11.1. The van der Waals surface area contributed by atoms with Crippen LogP contribution < -0.4 is 5.32 Å². The molecule has 5 nitrogen and oxygen atoms in total. The van der Waals surface area contributed by atoms with E-state index in [1.807, 2.05) is 60.7 Å². The zero-order valence-corrected chi connectivity index (χ0v) is 19.2. The van der Waals surface area contributed by atoms with E-state index in [4.69, 9.17) is 4.74 Å². The standard InChI is InChI=1S/C28H30N2O3/c1-21-8-6-7-9-23(21)16-17-29-27(31)19-26-14-12-22(20-30-26)18-25(13-15-28(32)33-2)24-10-4-3-5-11-24/h3-12,14,18,20H,13,15-17,19H2,1-2H3,(H,29,31)/b25-18+. The molecule has 2 aromatic carbocycles. The van der Waals surface area contributed by atoms with Crippen molar-refractivity contribution in [2.24, 2.45) is 0 Å². The van der Waals surface area contributed by atoms with Gasteiger partial charge in [-0.25, -0.2) is 0 Å². The molecule has 0 fully saturated rings. The lowest BCUT2D eigenvalue weighted by molar-refractivity contribution is -0.140. The highest BCUT2D eigenvalue weighted by molar-refractivity contribution is 5.83. The van der Waals surface area contributed by atoms with E-state index in [9.17, 15) is 9.59 Å². The van der Waals surface area contributed by atoms with Crippen LogP contribution >= 0.6 is 0 Å². The van der Waals surface area contributed by atoms with E-state index in [-0.39, 0.29) is 18.3 Å². The molecule has 1 heterocycles. The maximum Gasteiger partial charge on any atom is 0.305 e. The van der Waals surface area contributed by atoms with Crippen LogP contribution in [0.3, 0.4) is 0 Å². The summed E-state index contributed by atoms with van der Waals surface area (Å²) in [5, 5.41) is 2.97. The number of allylic oxidation sites excluding steroid dienone is 1. The molecule has 3 aromatic rings. The monoisotopic (exact) mass is 442 g/mol. The predicted molar refractivity (Wildman–Crippen MR) is 131 cm³/mol. The van der Waals surface area contributed by atoms with Crippen LogP contribution in [-0.4, -0.2) is 30.5 Å². The van der Waals surface area contributed by atoms with E-state index in [0.29, 0.717) is 19.4 Å². The van der Waals surface area contributed by atoms with Crippen molar-refractivity contribution in [2.45, 2.75) is 32.6 Å². The normalized spacial score (nSPS) is 11.2. The van der Waals surface area contributed by atoms with E-state index in [1.54, 1.807) is 6.20 Å². The summed E-state index contributed by atoms with van der Waals surface area (Å²) in [6.07, 6.45) is 5.72. The van der Waals surface area contributed by atoms with Crippen molar-refractivity contribution in [2.75, 3.05) is 13.7 Å². The van der Waals surface area contributed by atoms with Gasteiger partial charge >= 0.3 is 5.97 Å². The first-order valence-electron chi connectivity index (χ1n) is 11.1. The Morgan fingerprint density at radius 1 is 0.970 bits per heavy atom. The lowest BCUT2D eigenvalue weighted by Gasteiger charge is -2.09. The number of pyridine rings is 1. The van der Waals surface area contributed by atoms with Crippen molar-refractivity contribution < 1.29 is 14.3 Å². The maximum absolute atomic E-state index is 12.3. The number of nitrogens with one attached hydrogen (secondary N) is 1. The molecule has 0 spiro atoms. The van der Waals surface area contributed by atoms with E-state index in [0.717, 1.165) is 28.8 Å². The number of nitrogens with zero attached hydrogens (tertiary/aromatic N) is 1. The molecule has 0 atom stereocenters. The van der Waals surface area contributed by atoms with Gasteiger partial charge in [0.15, 0.2) is 0 Å². The van der Waals surface area contributed by atoms with Gasteiger partial charge in [-0.3, -0.25) is 14.6 Å². The van der Waals surface area contributed by atoms with Crippen molar-refractivity contribution in [1.82, 2.24) is 10.3 Å². The highest BCUT2D eigenvalue weighted by Crippen LogP contribution is 2.23. The number of aryl methyl sites for hydroxylation is 1. The number of hydrogen-bond acceptors (Lipinski definition) is 4. The first kappa shape index (κ1) is 23.9. The summed E-state index contributed by atoms with van der Waals surface area (Å²) >= 11 is 0. The zero-order valence-electron chi connectivity index (χ0n) is 19.2. The summed E-state index contributed by atoms with van der Waals surface area (Å²) in [7, 11) is 1.40. The smallest absolute Gasteiger partial charge is 0.305 e. The fraction of sp³-hybridized carbons (Fsp3) is 0.250. The van der Waals surface area contributed by atoms with Crippen LogP contribution in [0, 0.1) is 6.92 Å². The Labute approximate surface area is 195 Å². The quantitative estimate of drug-likeness (QED) is 0.459. The molecule has 0 unspecified atom stereocenters. The summed E-state index contributed by atoms with van der Waals surface area (Å²) < 4.78 is 4.78. The van der Waals surface area contributed by atoms with Gasteiger partial charge in [0.25, 0.3) is 0 Å². The van der Waals surface area contributed by atoms with Crippen molar-refractivity contribution >= 4 is 23.5 Å². The van der Waals surface area contributed by atoms with Crippen molar-refractivity contribution in [1.29, 1.82) is 0 Å². The molecular weight excluding hydrogens is 412 g/mol. The van der Waals surface area contributed by atoms with Crippen LogP contribution in [0.1, 0.15) is 40.8 Å². The predicted octanol–water partition coefficient (Wildman–Crippen LogP) is 4.79. The number of methoxy groups -OCH3 is 1. The molecule has 0 saturated carbocycles. The third kappa shape index (κ3) is 7.72. The molecule has 0 bridgehead atoms. The Hall–Kier alpha value is -3.73. The summed E-state index contributed by atoms with van der Waals surface area (Å²) in [5.74, 6) is -0.277. The second-order valence-corrected chi connectivity index (χ2v) is 7.90. The highest BCUT2D eigenvalue weighted by Gasteiger charge is 2.08. The lowest BCUT2D eigenvalue weighted by Crippen LogP contribution is -2.27. The number of ether oxygens (including phenoxy) is 1. The summed E-state index contributed by atoms with van der Waals surface area (Å²) in [4.78, 5) is 28.4.